The summed E-state index contributed by atoms with van der Waals surface area (Å²) in [4.78, 5) is 2.02. The highest BCUT2D eigenvalue weighted by molar-refractivity contribution is 6.33. The van der Waals surface area contributed by atoms with E-state index in [1.165, 1.54) is 0 Å². The molecule has 3 nitrogen and oxygen atoms in total. The summed E-state index contributed by atoms with van der Waals surface area (Å²) in [6.07, 6.45) is 0. The van der Waals surface area contributed by atoms with Crippen molar-refractivity contribution in [2.75, 3.05) is 18.5 Å². The van der Waals surface area contributed by atoms with E-state index in [1.54, 1.807) is 13.8 Å². The van der Waals surface area contributed by atoms with Crippen LogP contribution in [0.4, 0.5) is 5.69 Å². The van der Waals surface area contributed by atoms with E-state index in [0.29, 0.717) is 11.6 Å². The standard InChI is InChI=1S/C16H27ClN2O/c1-15(2,3)18-10-12-8-7-9-13(17)14(12)19(6)11-16(4,5)20/h7-9,18,20H,10-11H2,1-6H3. The van der Waals surface area contributed by atoms with Crippen molar-refractivity contribution in [3.63, 3.8) is 0 Å². The fourth-order valence-corrected chi connectivity index (χ4v) is 2.49. The summed E-state index contributed by atoms with van der Waals surface area (Å²) in [7, 11) is 1.96. The summed E-state index contributed by atoms with van der Waals surface area (Å²) in [6.45, 7) is 11.3. The Morgan fingerprint density at radius 2 is 1.80 bits per heavy atom. The van der Waals surface area contributed by atoms with E-state index < -0.39 is 5.60 Å². The Morgan fingerprint density at radius 3 is 2.30 bits per heavy atom. The molecule has 0 aliphatic rings. The van der Waals surface area contributed by atoms with Crippen LogP contribution in [0.25, 0.3) is 0 Å². The van der Waals surface area contributed by atoms with E-state index in [1.807, 2.05) is 24.1 Å². The summed E-state index contributed by atoms with van der Waals surface area (Å²) in [5.41, 5.74) is 1.41. The molecular weight excluding hydrogens is 272 g/mol. The molecule has 114 valence electrons. The summed E-state index contributed by atoms with van der Waals surface area (Å²) < 4.78 is 0. The van der Waals surface area contributed by atoms with Gasteiger partial charge in [-0.25, -0.2) is 0 Å². The van der Waals surface area contributed by atoms with Crippen molar-refractivity contribution in [3.05, 3.63) is 28.8 Å². The number of para-hydroxylation sites is 1. The molecule has 4 heteroatoms. The van der Waals surface area contributed by atoms with Crippen LogP contribution in [0.1, 0.15) is 40.2 Å². The van der Waals surface area contributed by atoms with Gasteiger partial charge >= 0.3 is 0 Å². The van der Waals surface area contributed by atoms with Gasteiger partial charge in [0.25, 0.3) is 0 Å². The predicted molar refractivity (Wildman–Crippen MR) is 87.6 cm³/mol. The fraction of sp³-hybridized carbons (Fsp3) is 0.625. The lowest BCUT2D eigenvalue weighted by Gasteiger charge is -2.30. The number of aliphatic hydroxyl groups is 1. The molecule has 0 aromatic heterocycles. The Balaban J connectivity index is 2.99. The van der Waals surface area contributed by atoms with Crippen LogP contribution in [0.2, 0.25) is 5.02 Å². The average molecular weight is 299 g/mol. The molecule has 20 heavy (non-hydrogen) atoms. The number of nitrogens with one attached hydrogen (secondary N) is 1. The lowest BCUT2D eigenvalue weighted by molar-refractivity contribution is 0.0886. The minimum atomic E-state index is -0.761. The summed E-state index contributed by atoms with van der Waals surface area (Å²) in [5, 5.41) is 14.2. The lowest BCUT2D eigenvalue weighted by atomic mass is 10.1. The maximum atomic E-state index is 9.99. The second-order valence-corrected chi connectivity index (χ2v) is 7.43. The van der Waals surface area contributed by atoms with Crippen molar-refractivity contribution in [3.8, 4) is 0 Å². The number of hydrogen-bond donors (Lipinski definition) is 2. The fourth-order valence-electron chi connectivity index (χ4n) is 2.15. The van der Waals surface area contributed by atoms with Crippen LogP contribution in [0, 0.1) is 0 Å². The Kier molecular flexibility index (Phi) is 5.47. The van der Waals surface area contributed by atoms with Gasteiger partial charge in [-0.1, -0.05) is 23.7 Å². The van der Waals surface area contributed by atoms with Crippen molar-refractivity contribution in [2.45, 2.75) is 52.3 Å². The predicted octanol–water partition coefficient (Wildman–Crippen LogP) is 3.44. The Morgan fingerprint density at radius 1 is 1.20 bits per heavy atom. The molecule has 0 atom stereocenters. The van der Waals surface area contributed by atoms with E-state index in [4.69, 9.17) is 11.6 Å². The molecule has 0 aliphatic carbocycles. The molecule has 1 aromatic carbocycles. The second-order valence-electron chi connectivity index (χ2n) is 7.02. The monoisotopic (exact) mass is 298 g/mol. The molecule has 0 radical (unpaired) electrons. The third-order valence-electron chi connectivity index (χ3n) is 2.89. The number of halogens is 1. The van der Waals surface area contributed by atoms with Gasteiger partial charge in [-0.3, -0.25) is 0 Å². The van der Waals surface area contributed by atoms with Crippen molar-refractivity contribution in [1.82, 2.24) is 5.32 Å². The Labute approximate surface area is 127 Å². The molecule has 1 rings (SSSR count). The first kappa shape index (κ1) is 17.3. The van der Waals surface area contributed by atoms with Crippen molar-refractivity contribution < 1.29 is 5.11 Å². The number of hydrogen-bond acceptors (Lipinski definition) is 3. The summed E-state index contributed by atoms with van der Waals surface area (Å²) in [6, 6.07) is 5.92. The van der Waals surface area contributed by atoms with E-state index in [0.717, 1.165) is 17.8 Å². The normalized spacial score (nSPS) is 12.6. The molecule has 0 unspecified atom stereocenters. The van der Waals surface area contributed by atoms with Crippen molar-refractivity contribution in [1.29, 1.82) is 0 Å². The minimum Gasteiger partial charge on any atom is -0.389 e. The number of likely N-dealkylation sites (N-methyl/N-ethyl adjacent to an activating group) is 1. The number of rotatable bonds is 5. The van der Waals surface area contributed by atoms with Crippen LogP contribution in [0.5, 0.6) is 0 Å². The molecule has 0 saturated heterocycles. The molecular formula is C16H27ClN2O. The summed E-state index contributed by atoms with van der Waals surface area (Å²) in [5.74, 6) is 0. The van der Waals surface area contributed by atoms with E-state index in [2.05, 4.69) is 32.2 Å². The molecule has 2 N–H and O–H groups in total. The number of benzene rings is 1. The van der Waals surface area contributed by atoms with E-state index >= 15 is 0 Å². The van der Waals surface area contributed by atoms with Gasteiger partial charge in [0, 0.05) is 25.7 Å². The van der Waals surface area contributed by atoms with Crippen LogP contribution in [-0.2, 0) is 6.54 Å². The smallest absolute Gasteiger partial charge is 0.0765 e. The first-order valence-electron chi connectivity index (χ1n) is 6.95. The first-order chi connectivity index (χ1) is 8.99. The highest BCUT2D eigenvalue weighted by Crippen LogP contribution is 2.30. The topological polar surface area (TPSA) is 35.5 Å². The van der Waals surface area contributed by atoms with Gasteiger partial charge in [-0.15, -0.1) is 0 Å². The van der Waals surface area contributed by atoms with E-state index in [9.17, 15) is 5.11 Å². The lowest BCUT2D eigenvalue weighted by Crippen LogP contribution is -2.38. The maximum absolute atomic E-state index is 9.99. The van der Waals surface area contributed by atoms with Crippen LogP contribution in [0.3, 0.4) is 0 Å². The van der Waals surface area contributed by atoms with Gasteiger partial charge in [-0.2, -0.15) is 0 Å². The van der Waals surface area contributed by atoms with Crippen LogP contribution < -0.4 is 10.2 Å². The second kappa shape index (κ2) is 6.33. The Bertz CT molecular complexity index is 447. The molecule has 0 saturated carbocycles. The first-order valence-corrected chi connectivity index (χ1v) is 7.33. The molecule has 1 aromatic rings. The van der Waals surface area contributed by atoms with Crippen molar-refractivity contribution in [2.24, 2.45) is 0 Å². The van der Waals surface area contributed by atoms with Crippen molar-refractivity contribution >= 4 is 17.3 Å². The maximum Gasteiger partial charge on any atom is 0.0765 e. The average Bonchev–Trinajstić information content (AvgIpc) is 2.22. The van der Waals surface area contributed by atoms with Gasteiger partial charge < -0.3 is 15.3 Å². The third-order valence-corrected chi connectivity index (χ3v) is 3.19. The van der Waals surface area contributed by atoms with Gasteiger partial charge in [0.1, 0.15) is 0 Å². The number of anilines is 1. The zero-order chi connectivity index (χ0) is 15.6. The molecule has 0 bridgehead atoms. The van der Waals surface area contributed by atoms with Gasteiger partial charge in [0.2, 0.25) is 0 Å². The SMILES string of the molecule is CN(CC(C)(C)O)c1c(Cl)cccc1CNC(C)(C)C. The summed E-state index contributed by atoms with van der Waals surface area (Å²) >= 11 is 6.35. The molecule has 0 amide bonds. The van der Waals surface area contributed by atoms with Crippen LogP contribution in [0.15, 0.2) is 18.2 Å². The zero-order valence-electron chi connectivity index (χ0n) is 13.4. The minimum absolute atomic E-state index is 0.0500. The largest absolute Gasteiger partial charge is 0.389 e. The molecule has 0 heterocycles. The van der Waals surface area contributed by atoms with Gasteiger partial charge in [-0.05, 0) is 46.2 Å². The van der Waals surface area contributed by atoms with Gasteiger partial charge in [0.05, 0.1) is 16.3 Å². The molecule has 0 aliphatic heterocycles. The molecule has 0 fully saturated rings. The zero-order valence-corrected chi connectivity index (χ0v) is 14.2. The van der Waals surface area contributed by atoms with E-state index in [-0.39, 0.29) is 5.54 Å². The van der Waals surface area contributed by atoms with Crippen LogP contribution in [-0.4, -0.2) is 29.8 Å². The van der Waals surface area contributed by atoms with Crippen LogP contribution >= 0.6 is 11.6 Å². The Hall–Kier alpha value is -0.770. The number of nitrogens with zero attached hydrogens (tertiary/aromatic N) is 1. The molecule has 0 spiro atoms. The van der Waals surface area contributed by atoms with Gasteiger partial charge in [0.15, 0.2) is 0 Å². The third kappa shape index (κ3) is 5.70. The highest BCUT2D eigenvalue weighted by atomic mass is 35.5. The highest BCUT2D eigenvalue weighted by Gasteiger charge is 2.20. The quantitative estimate of drug-likeness (QED) is 0.874.